The van der Waals surface area contributed by atoms with Crippen LogP contribution in [0.4, 0.5) is 14.6 Å². The largest absolute Gasteiger partial charge is 0.348 e. The summed E-state index contributed by atoms with van der Waals surface area (Å²) >= 11 is 0. The first-order valence-corrected chi connectivity index (χ1v) is 13.3. The molecule has 11 heteroatoms. The molecule has 2 aromatic rings. The number of sulfone groups is 1. The number of anilines is 1. The van der Waals surface area contributed by atoms with Crippen molar-refractivity contribution in [3.63, 3.8) is 0 Å². The lowest BCUT2D eigenvalue weighted by molar-refractivity contribution is -0.139. The first-order valence-electron chi connectivity index (χ1n) is 11.4. The Morgan fingerprint density at radius 2 is 1.86 bits per heavy atom. The lowest BCUT2D eigenvalue weighted by Gasteiger charge is -2.16. The summed E-state index contributed by atoms with van der Waals surface area (Å²) in [6.45, 7) is 4.53. The topological polar surface area (TPSA) is 99.5 Å². The van der Waals surface area contributed by atoms with Gasteiger partial charge in [0.15, 0.2) is 21.4 Å². The number of hydrogen-bond acceptors (Lipinski definition) is 6. The smallest absolute Gasteiger partial charge is 0.257 e. The van der Waals surface area contributed by atoms with Crippen molar-refractivity contribution in [2.45, 2.75) is 62.4 Å². The van der Waals surface area contributed by atoms with Gasteiger partial charge < -0.3 is 14.8 Å². The Balaban J connectivity index is 1.52. The molecule has 190 valence electrons. The molecule has 1 aromatic carbocycles. The number of amides is 1. The number of alkyl halides is 2. The fraction of sp³-hybridized carbons (Fsp3) is 0.500. The first kappa shape index (κ1) is 25.5. The van der Waals surface area contributed by atoms with Crippen molar-refractivity contribution < 1.29 is 31.5 Å². The Bertz CT molecular complexity index is 1200. The van der Waals surface area contributed by atoms with Gasteiger partial charge in [-0.15, -0.1) is 0 Å². The maximum absolute atomic E-state index is 13.8. The molecule has 4 rings (SSSR count). The first-order chi connectivity index (χ1) is 16.4. The van der Waals surface area contributed by atoms with Gasteiger partial charge in [0.05, 0.1) is 18.0 Å². The second-order valence-corrected chi connectivity index (χ2v) is 11.5. The molecule has 1 aromatic heterocycles. The number of allylic oxidation sites excluding steroid dienone is 1. The molecule has 1 saturated heterocycles. The van der Waals surface area contributed by atoms with Gasteiger partial charge in [-0.25, -0.2) is 17.2 Å². The maximum Gasteiger partial charge on any atom is 0.257 e. The number of rotatable bonds is 7. The highest BCUT2D eigenvalue weighted by atomic mass is 32.2. The zero-order valence-corrected chi connectivity index (χ0v) is 20.6. The molecule has 0 spiro atoms. The highest BCUT2D eigenvalue weighted by Gasteiger charge is 2.34. The third-order valence-electron chi connectivity index (χ3n) is 6.03. The molecule has 1 saturated carbocycles. The van der Waals surface area contributed by atoms with E-state index in [0.717, 1.165) is 6.26 Å². The summed E-state index contributed by atoms with van der Waals surface area (Å²) in [7, 11) is -3.42. The highest BCUT2D eigenvalue weighted by molar-refractivity contribution is 7.90. The van der Waals surface area contributed by atoms with Crippen LogP contribution in [0.25, 0.3) is 5.57 Å². The van der Waals surface area contributed by atoms with E-state index in [2.05, 4.69) is 10.4 Å². The van der Waals surface area contributed by atoms with Crippen LogP contribution in [0.15, 0.2) is 47.5 Å². The quantitative estimate of drug-likeness (QED) is 0.573. The molecule has 1 amide bonds. The summed E-state index contributed by atoms with van der Waals surface area (Å²) in [5, 5.41) is 7.09. The molecule has 8 nitrogen and oxygen atoms in total. The summed E-state index contributed by atoms with van der Waals surface area (Å²) in [5.41, 5.74) is 0.631. The van der Waals surface area contributed by atoms with Crippen molar-refractivity contribution in [1.82, 2.24) is 9.78 Å². The van der Waals surface area contributed by atoms with Crippen LogP contribution in [0.3, 0.4) is 0 Å². The van der Waals surface area contributed by atoms with Gasteiger partial charge in [0, 0.05) is 24.1 Å². The summed E-state index contributed by atoms with van der Waals surface area (Å²) in [6, 6.07) is 7.45. The number of halogens is 2. The van der Waals surface area contributed by atoms with Crippen LogP contribution in [0.1, 0.15) is 32.3 Å². The summed E-state index contributed by atoms with van der Waals surface area (Å²) in [6.07, 6.45) is 0.981. The van der Waals surface area contributed by atoms with E-state index >= 15 is 0 Å². The number of aromatic nitrogens is 2. The summed E-state index contributed by atoms with van der Waals surface area (Å²) < 4.78 is 64.1. The van der Waals surface area contributed by atoms with E-state index in [1.165, 1.54) is 24.3 Å². The standard InChI is InChI=1S/C24H29F2N3O5S/c1-24(2)33-14-17(34-24)13-29-9-8-22(28-29)27-23(30)19(10-15-11-20(25)21(26)12-15)16-4-6-18(7-5-16)35(3,31)32/h4-10,15,17,20-21H,11-14H2,1-3H3,(H,27,28,30)/b19-10+/t15?,17-,20?,21?/m1/s1. The minimum absolute atomic E-state index is 0.0200. The predicted octanol–water partition coefficient (Wildman–Crippen LogP) is 3.55. The van der Waals surface area contributed by atoms with Gasteiger partial charge in [0.1, 0.15) is 18.4 Å². The van der Waals surface area contributed by atoms with E-state index in [9.17, 15) is 22.0 Å². The van der Waals surface area contributed by atoms with Gasteiger partial charge in [-0.3, -0.25) is 9.48 Å². The van der Waals surface area contributed by atoms with E-state index < -0.39 is 39.8 Å². The molecule has 0 bridgehead atoms. The Kier molecular flexibility index (Phi) is 7.12. The molecule has 0 radical (unpaired) electrons. The van der Waals surface area contributed by atoms with Crippen molar-refractivity contribution in [1.29, 1.82) is 0 Å². The van der Waals surface area contributed by atoms with Crippen LogP contribution >= 0.6 is 0 Å². The molecule has 1 aliphatic heterocycles. The van der Waals surface area contributed by atoms with Crippen LogP contribution in [-0.2, 0) is 30.7 Å². The average Bonchev–Trinajstić information content (AvgIpc) is 3.44. The van der Waals surface area contributed by atoms with Crippen molar-refractivity contribution in [2.24, 2.45) is 5.92 Å². The van der Waals surface area contributed by atoms with Gasteiger partial charge in [-0.2, -0.15) is 5.10 Å². The maximum atomic E-state index is 13.8. The van der Waals surface area contributed by atoms with Gasteiger partial charge in [0.2, 0.25) is 0 Å². The van der Waals surface area contributed by atoms with Crippen LogP contribution in [0.2, 0.25) is 0 Å². The van der Waals surface area contributed by atoms with Gasteiger partial charge >= 0.3 is 0 Å². The minimum atomic E-state index is -3.42. The molecule has 2 aliphatic rings. The lowest BCUT2D eigenvalue weighted by Crippen LogP contribution is -2.24. The second kappa shape index (κ2) is 9.79. The van der Waals surface area contributed by atoms with E-state index in [1.54, 1.807) is 23.0 Å². The van der Waals surface area contributed by atoms with Gasteiger partial charge in [0.25, 0.3) is 5.91 Å². The van der Waals surface area contributed by atoms with E-state index in [-0.39, 0.29) is 29.4 Å². The van der Waals surface area contributed by atoms with E-state index in [4.69, 9.17) is 9.47 Å². The highest BCUT2D eigenvalue weighted by Crippen LogP contribution is 2.34. The third kappa shape index (κ3) is 6.33. The molecule has 1 aliphatic carbocycles. The van der Waals surface area contributed by atoms with E-state index in [0.29, 0.717) is 24.5 Å². The van der Waals surface area contributed by atoms with Crippen LogP contribution in [0.5, 0.6) is 0 Å². The number of ether oxygens (including phenoxy) is 2. The fourth-order valence-corrected chi connectivity index (χ4v) is 4.93. The molecule has 2 fully saturated rings. The van der Waals surface area contributed by atoms with E-state index in [1.807, 2.05) is 13.8 Å². The molecule has 35 heavy (non-hydrogen) atoms. The lowest BCUT2D eigenvalue weighted by atomic mass is 9.98. The Labute approximate surface area is 203 Å². The van der Waals surface area contributed by atoms with Crippen molar-refractivity contribution in [2.75, 3.05) is 18.2 Å². The second-order valence-electron chi connectivity index (χ2n) is 9.47. The van der Waals surface area contributed by atoms with Crippen molar-refractivity contribution >= 4 is 27.1 Å². The number of nitrogens with one attached hydrogen (secondary N) is 1. The van der Waals surface area contributed by atoms with Crippen molar-refractivity contribution in [3.8, 4) is 0 Å². The van der Waals surface area contributed by atoms with Gasteiger partial charge in [-0.1, -0.05) is 18.2 Å². The number of hydrogen-bond donors (Lipinski definition) is 1. The monoisotopic (exact) mass is 509 g/mol. The zero-order valence-electron chi connectivity index (χ0n) is 19.8. The average molecular weight is 510 g/mol. The number of benzene rings is 1. The Morgan fingerprint density at radius 3 is 2.43 bits per heavy atom. The molecule has 2 unspecified atom stereocenters. The van der Waals surface area contributed by atoms with Crippen LogP contribution < -0.4 is 5.32 Å². The predicted molar refractivity (Wildman–Crippen MR) is 126 cm³/mol. The number of nitrogens with zero attached hydrogens (tertiary/aromatic N) is 2. The summed E-state index contributed by atoms with van der Waals surface area (Å²) in [5.74, 6) is -1.33. The molecule has 2 heterocycles. The Hall–Kier alpha value is -2.63. The summed E-state index contributed by atoms with van der Waals surface area (Å²) in [4.78, 5) is 13.3. The normalized spacial score (nSPS) is 26.7. The molecular formula is C24H29F2N3O5S. The number of carbonyl (C=O) groups is 1. The van der Waals surface area contributed by atoms with Crippen LogP contribution in [0, 0.1) is 5.92 Å². The molecule has 3 atom stereocenters. The van der Waals surface area contributed by atoms with Crippen molar-refractivity contribution in [3.05, 3.63) is 48.2 Å². The molecular weight excluding hydrogens is 480 g/mol. The van der Waals surface area contributed by atoms with Crippen LogP contribution in [-0.4, -0.2) is 61.2 Å². The zero-order chi connectivity index (χ0) is 25.4. The minimum Gasteiger partial charge on any atom is -0.348 e. The Morgan fingerprint density at radius 1 is 1.20 bits per heavy atom. The molecule has 1 N–H and O–H groups in total. The van der Waals surface area contributed by atoms with Gasteiger partial charge in [-0.05, 0) is 50.3 Å². The fourth-order valence-electron chi connectivity index (χ4n) is 4.30. The number of carbonyl (C=O) groups excluding carboxylic acids is 1. The SMILES string of the molecule is CC1(C)OC[C@@H](Cn2ccc(NC(=O)/C(=C/C3CC(F)C(F)C3)c3ccc(S(C)(=O)=O)cc3)n2)O1. The third-order valence-corrected chi connectivity index (χ3v) is 7.16.